The number of fused-ring (bicyclic) bond motifs is 1. The summed E-state index contributed by atoms with van der Waals surface area (Å²) in [5.41, 5.74) is 1.99. The van der Waals surface area contributed by atoms with Gasteiger partial charge in [0.15, 0.2) is 0 Å². The van der Waals surface area contributed by atoms with Crippen LogP contribution in [0.15, 0.2) is 23.1 Å². The maximum Gasteiger partial charge on any atom is 0.240 e. The summed E-state index contributed by atoms with van der Waals surface area (Å²) in [6, 6.07) is 5.08. The van der Waals surface area contributed by atoms with Crippen LogP contribution in [0.4, 0.5) is 0 Å². The van der Waals surface area contributed by atoms with Gasteiger partial charge < -0.3 is 10.2 Å². The van der Waals surface area contributed by atoms with Crippen LogP contribution in [0, 0.1) is 25.7 Å². The standard InChI is InChI=1S/C19H29N3O3S.ClH/c1-14-3-4-18(11-15(14)2)26(24,25)21-8-5-19(23)22-9-6-16-12-20-13-17(16)7-10-22;/h3-4,11,16-17,20-21H,5-10,12-13H2,1-2H3;1H/t16-,17+;. The summed E-state index contributed by atoms with van der Waals surface area (Å²) in [7, 11) is -3.57. The van der Waals surface area contributed by atoms with Crippen molar-refractivity contribution in [1.82, 2.24) is 14.9 Å². The molecular formula is C19H30ClN3O3S. The topological polar surface area (TPSA) is 78.5 Å². The molecule has 2 heterocycles. The number of hydrogen-bond donors (Lipinski definition) is 2. The summed E-state index contributed by atoms with van der Waals surface area (Å²) in [5.74, 6) is 1.40. The Morgan fingerprint density at radius 1 is 1.15 bits per heavy atom. The zero-order valence-corrected chi connectivity index (χ0v) is 17.7. The van der Waals surface area contributed by atoms with Gasteiger partial charge in [-0.05, 0) is 74.9 Å². The zero-order chi connectivity index (χ0) is 18.7. The van der Waals surface area contributed by atoms with Gasteiger partial charge in [0.1, 0.15) is 0 Å². The van der Waals surface area contributed by atoms with Crippen LogP contribution in [-0.2, 0) is 14.8 Å². The van der Waals surface area contributed by atoms with Crippen LogP contribution in [0.25, 0.3) is 0 Å². The predicted molar refractivity (Wildman–Crippen MR) is 109 cm³/mol. The Balaban J connectivity index is 0.00000261. The number of nitrogens with zero attached hydrogens (tertiary/aromatic N) is 1. The third-order valence-corrected chi connectivity index (χ3v) is 7.25. The number of sulfonamides is 1. The second-order valence-corrected chi connectivity index (χ2v) is 9.30. The largest absolute Gasteiger partial charge is 0.343 e. The highest BCUT2D eigenvalue weighted by molar-refractivity contribution is 7.89. The Kier molecular flexibility index (Phi) is 7.68. The van der Waals surface area contributed by atoms with E-state index in [9.17, 15) is 13.2 Å². The van der Waals surface area contributed by atoms with Crippen LogP contribution in [0.5, 0.6) is 0 Å². The van der Waals surface area contributed by atoms with Gasteiger partial charge in [-0.1, -0.05) is 6.07 Å². The zero-order valence-electron chi connectivity index (χ0n) is 16.0. The molecule has 0 aromatic heterocycles. The van der Waals surface area contributed by atoms with Crippen molar-refractivity contribution in [2.45, 2.75) is 38.0 Å². The number of halogens is 1. The van der Waals surface area contributed by atoms with E-state index in [1.54, 1.807) is 18.2 Å². The van der Waals surface area contributed by atoms with E-state index >= 15 is 0 Å². The molecule has 1 aromatic rings. The molecule has 152 valence electrons. The Morgan fingerprint density at radius 3 is 2.37 bits per heavy atom. The third-order valence-electron chi connectivity index (χ3n) is 5.79. The summed E-state index contributed by atoms with van der Waals surface area (Å²) in [6.07, 6.45) is 2.28. The number of carbonyl (C=O) groups excluding carboxylic acids is 1. The first-order chi connectivity index (χ1) is 12.4. The molecule has 2 aliphatic rings. The summed E-state index contributed by atoms with van der Waals surface area (Å²) >= 11 is 0. The molecule has 2 fully saturated rings. The molecule has 0 saturated carbocycles. The van der Waals surface area contributed by atoms with Crippen molar-refractivity contribution in [3.8, 4) is 0 Å². The Bertz CT molecular complexity index is 755. The van der Waals surface area contributed by atoms with E-state index in [0.29, 0.717) is 11.8 Å². The van der Waals surface area contributed by atoms with Crippen molar-refractivity contribution in [3.63, 3.8) is 0 Å². The van der Waals surface area contributed by atoms with E-state index in [1.165, 1.54) is 0 Å². The lowest BCUT2D eigenvalue weighted by Crippen LogP contribution is -2.35. The van der Waals surface area contributed by atoms with Gasteiger partial charge in [0.25, 0.3) is 0 Å². The van der Waals surface area contributed by atoms with Crippen LogP contribution in [0.1, 0.15) is 30.4 Å². The fourth-order valence-corrected chi connectivity index (χ4v) is 5.00. The first-order valence-electron chi connectivity index (χ1n) is 9.42. The molecule has 0 radical (unpaired) electrons. The van der Waals surface area contributed by atoms with Gasteiger partial charge in [-0.2, -0.15) is 0 Å². The van der Waals surface area contributed by atoms with Gasteiger partial charge in [0.2, 0.25) is 15.9 Å². The Morgan fingerprint density at radius 2 is 1.78 bits per heavy atom. The maximum absolute atomic E-state index is 12.5. The van der Waals surface area contributed by atoms with Crippen molar-refractivity contribution in [1.29, 1.82) is 0 Å². The molecule has 2 N–H and O–H groups in total. The molecule has 1 aromatic carbocycles. The van der Waals surface area contributed by atoms with E-state index in [1.807, 2.05) is 18.7 Å². The number of aryl methyl sites for hydroxylation is 2. The summed E-state index contributed by atoms with van der Waals surface area (Å²) < 4.78 is 27.4. The minimum absolute atomic E-state index is 0. The SMILES string of the molecule is Cc1ccc(S(=O)(=O)NCCC(=O)N2CC[C@@H]3CNC[C@@H]3CC2)cc1C.Cl. The highest BCUT2D eigenvalue weighted by Gasteiger charge is 2.31. The van der Waals surface area contributed by atoms with Gasteiger partial charge in [-0.25, -0.2) is 13.1 Å². The highest BCUT2D eigenvalue weighted by atomic mass is 35.5. The number of rotatable bonds is 5. The Hall–Kier alpha value is -1.15. The van der Waals surface area contributed by atoms with Crippen LogP contribution >= 0.6 is 12.4 Å². The van der Waals surface area contributed by atoms with E-state index in [4.69, 9.17) is 0 Å². The molecule has 2 aliphatic heterocycles. The maximum atomic E-state index is 12.5. The van der Waals surface area contributed by atoms with E-state index in [-0.39, 0.29) is 36.2 Å². The number of likely N-dealkylation sites (tertiary alicyclic amines) is 1. The molecule has 1 amide bonds. The van der Waals surface area contributed by atoms with Crippen molar-refractivity contribution in [3.05, 3.63) is 29.3 Å². The van der Waals surface area contributed by atoms with Gasteiger partial charge in [-0.15, -0.1) is 12.4 Å². The lowest BCUT2D eigenvalue weighted by molar-refractivity contribution is -0.131. The van der Waals surface area contributed by atoms with Gasteiger partial charge in [-0.3, -0.25) is 4.79 Å². The number of hydrogen-bond acceptors (Lipinski definition) is 4. The van der Waals surface area contributed by atoms with E-state index in [0.717, 1.165) is 50.1 Å². The number of nitrogens with one attached hydrogen (secondary N) is 2. The van der Waals surface area contributed by atoms with Gasteiger partial charge in [0.05, 0.1) is 4.90 Å². The second-order valence-electron chi connectivity index (χ2n) is 7.53. The average molecular weight is 416 g/mol. The average Bonchev–Trinajstić information content (AvgIpc) is 2.95. The predicted octanol–water partition coefficient (Wildman–Crippen LogP) is 1.85. The molecule has 6 nitrogen and oxygen atoms in total. The monoisotopic (exact) mass is 415 g/mol. The van der Waals surface area contributed by atoms with E-state index in [2.05, 4.69) is 10.0 Å². The van der Waals surface area contributed by atoms with Crippen molar-refractivity contribution in [2.24, 2.45) is 11.8 Å². The van der Waals surface area contributed by atoms with Crippen LogP contribution in [-0.4, -0.2) is 51.9 Å². The molecule has 0 unspecified atom stereocenters. The normalized spacial score (nSPS) is 22.7. The molecule has 0 bridgehead atoms. The first kappa shape index (κ1) is 22.1. The van der Waals surface area contributed by atoms with Crippen LogP contribution in [0.2, 0.25) is 0 Å². The Labute approximate surface area is 168 Å². The molecule has 2 atom stereocenters. The van der Waals surface area contributed by atoms with Gasteiger partial charge in [0, 0.05) is 26.1 Å². The lowest BCUT2D eigenvalue weighted by atomic mass is 9.92. The minimum atomic E-state index is -3.57. The molecule has 0 spiro atoms. The highest BCUT2D eigenvalue weighted by Crippen LogP contribution is 2.27. The quantitative estimate of drug-likeness (QED) is 0.769. The van der Waals surface area contributed by atoms with Crippen LogP contribution < -0.4 is 10.0 Å². The fraction of sp³-hybridized carbons (Fsp3) is 0.632. The minimum Gasteiger partial charge on any atom is -0.343 e. The number of carbonyl (C=O) groups is 1. The van der Waals surface area contributed by atoms with Crippen molar-refractivity contribution < 1.29 is 13.2 Å². The fourth-order valence-electron chi connectivity index (χ4n) is 3.88. The molecule has 2 saturated heterocycles. The van der Waals surface area contributed by atoms with Gasteiger partial charge >= 0.3 is 0 Å². The van der Waals surface area contributed by atoms with Crippen molar-refractivity contribution >= 4 is 28.3 Å². The molecule has 3 rings (SSSR count). The molecule has 8 heteroatoms. The first-order valence-corrected chi connectivity index (χ1v) is 10.9. The third kappa shape index (κ3) is 5.44. The van der Waals surface area contributed by atoms with Crippen LogP contribution in [0.3, 0.4) is 0 Å². The number of amides is 1. The second kappa shape index (κ2) is 9.37. The summed E-state index contributed by atoms with van der Waals surface area (Å²) in [4.78, 5) is 14.6. The van der Waals surface area contributed by atoms with E-state index < -0.39 is 10.0 Å². The van der Waals surface area contributed by atoms with Crippen molar-refractivity contribution in [2.75, 3.05) is 32.7 Å². The molecule has 0 aliphatic carbocycles. The summed E-state index contributed by atoms with van der Waals surface area (Å²) in [6.45, 7) is 7.66. The number of benzene rings is 1. The lowest BCUT2D eigenvalue weighted by Gasteiger charge is -2.21. The summed E-state index contributed by atoms with van der Waals surface area (Å²) in [5, 5.41) is 3.43. The molecular weight excluding hydrogens is 386 g/mol. The smallest absolute Gasteiger partial charge is 0.240 e. The molecule has 27 heavy (non-hydrogen) atoms.